The second-order valence-electron chi connectivity index (χ2n) is 7.07. The van der Waals surface area contributed by atoms with Crippen molar-refractivity contribution >= 4 is 17.5 Å². The van der Waals surface area contributed by atoms with Gasteiger partial charge in [0, 0.05) is 37.6 Å². The molecule has 0 aliphatic carbocycles. The van der Waals surface area contributed by atoms with Crippen LogP contribution in [0.15, 0.2) is 66.9 Å². The Morgan fingerprint density at radius 2 is 1.80 bits per heavy atom. The molecule has 0 radical (unpaired) electrons. The molecule has 2 aromatic carbocycles. The first-order valence-electron chi connectivity index (χ1n) is 10.3. The molecule has 1 saturated heterocycles. The van der Waals surface area contributed by atoms with Crippen molar-refractivity contribution in [1.82, 2.24) is 14.9 Å². The van der Waals surface area contributed by atoms with Crippen LogP contribution in [0.3, 0.4) is 0 Å². The lowest BCUT2D eigenvalue weighted by Gasteiger charge is -2.26. The molecule has 2 heterocycles. The summed E-state index contributed by atoms with van der Waals surface area (Å²) in [5.74, 6) is 2.91. The van der Waals surface area contributed by atoms with Crippen molar-refractivity contribution in [2.24, 2.45) is 0 Å². The first kappa shape index (κ1) is 20.1. The van der Waals surface area contributed by atoms with Crippen molar-refractivity contribution in [2.45, 2.75) is 6.42 Å². The largest absolute Gasteiger partial charge is 0.457 e. The molecule has 2 N–H and O–H groups in total. The number of nitrogens with one attached hydrogen (secondary N) is 2. The minimum atomic E-state index is 0.546. The van der Waals surface area contributed by atoms with Crippen molar-refractivity contribution in [2.75, 3.05) is 50.0 Å². The van der Waals surface area contributed by atoms with E-state index in [1.807, 2.05) is 60.7 Å². The van der Waals surface area contributed by atoms with Crippen LogP contribution >= 0.6 is 0 Å². The number of rotatable bonds is 9. The van der Waals surface area contributed by atoms with Gasteiger partial charge in [-0.15, -0.1) is 0 Å². The third kappa shape index (κ3) is 6.17. The van der Waals surface area contributed by atoms with E-state index in [9.17, 15) is 0 Å². The standard InChI is InChI=1S/C23H27N5O2/c1-2-7-20(8-3-1)30-21-9-4-6-19(18-21)26-23-25-12-10-22(27-23)24-11-5-13-28-14-16-29-17-15-28/h1-4,6-10,12,18H,5,11,13-17H2,(H2,24,25,26,27). The van der Waals surface area contributed by atoms with E-state index in [2.05, 4.69) is 25.5 Å². The van der Waals surface area contributed by atoms with E-state index in [1.54, 1.807) is 6.20 Å². The predicted octanol–water partition coefficient (Wildman–Crippen LogP) is 4.15. The number of para-hydroxylation sites is 1. The van der Waals surface area contributed by atoms with Gasteiger partial charge in [0.15, 0.2) is 0 Å². The highest BCUT2D eigenvalue weighted by atomic mass is 16.5. The smallest absolute Gasteiger partial charge is 0.229 e. The zero-order valence-electron chi connectivity index (χ0n) is 17.0. The summed E-state index contributed by atoms with van der Waals surface area (Å²) < 4.78 is 11.3. The topological polar surface area (TPSA) is 71.5 Å². The number of hydrogen-bond acceptors (Lipinski definition) is 7. The van der Waals surface area contributed by atoms with E-state index >= 15 is 0 Å². The third-order valence-corrected chi connectivity index (χ3v) is 4.79. The molecular formula is C23H27N5O2. The highest BCUT2D eigenvalue weighted by Gasteiger charge is 2.09. The van der Waals surface area contributed by atoms with E-state index in [0.717, 1.165) is 68.8 Å². The molecule has 0 bridgehead atoms. The molecule has 0 saturated carbocycles. The Bertz CT molecular complexity index is 916. The fourth-order valence-corrected chi connectivity index (χ4v) is 3.25. The molecule has 4 rings (SSSR count). The van der Waals surface area contributed by atoms with Crippen molar-refractivity contribution in [3.63, 3.8) is 0 Å². The van der Waals surface area contributed by atoms with Gasteiger partial charge < -0.3 is 20.1 Å². The Morgan fingerprint density at radius 1 is 0.967 bits per heavy atom. The van der Waals surface area contributed by atoms with Gasteiger partial charge in [0.05, 0.1) is 13.2 Å². The number of anilines is 3. The van der Waals surface area contributed by atoms with Gasteiger partial charge in [-0.25, -0.2) is 4.98 Å². The van der Waals surface area contributed by atoms with Gasteiger partial charge >= 0.3 is 0 Å². The summed E-state index contributed by atoms with van der Waals surface area (Å²) in [5, 5.41) is 6.63. The number of morpholine rings is 1. The summed E-state index contributed by atoms with van der Waals surface area (Å²) in [6, 6.07) is 19.4. The Hall–Kier alpha value is -3.16. The molecule has 0 amide bonds. The summed E-state index contributed by atoms with van der Waals surface area (Å²) in [4.78, 5) is 11.3. The summed E-state index contributed by atoms with van der Waals surface area (Å²) in [6.07, 6.45) is 2.82. The number of hydrogen-bond donors (Lipinski definition) is 2. The Morgan fingerprint density at radius 3 is 2.67 bits per heavy atom. The predicted molar refractivity (Wildman–Crippen MR) is 119 cm³/mol. The van der Waals surface area contributed by atoms with Gasteiger partial charge in [-0.05, 0) is 43.3 Å². The minimum absolute atomic E-state index is 0.546. The first-order valence-corrected chi connectivity index (χ1v) is 10.3. The fourth-order valence-electron chi connectivity index (χ4n) is 3.25. The summed E-state index contributed by atoms with van der Waals surface area (Å²) in [7, 11) is 0. The van der Waals surface area contributed by atoms with Crippen LogP contribution in [0, 0.1) is 0 Å². The molecule has 1 aliphatic heterocycles. The van der Waals surface area contributed by atoms with Crippen LogP contribution in [0.1, 0.15) is 6.42 Å². The van der Waals surface area contributed by atoms with Gasteiger partial charge in [0.2, 0.25) is 5.95 Å². The van der Waals surface area contributed by atoms with E-state index in [0.29, 0.717) is 5.95 Å². The highest BCUT2D eigenvalue weighted by molar-refractivity contribution is 5.57. The zero-order chi connectivity index (χ0) is 20.4. The van der Waals surface area contributed by atoms with E-state index in [1.165, 1.54) is 0 Å². The van der Waals surface area contributed by atoms with Crippen molar-refractivity contribution in [1.29, 1.82) is 0 Å². The molecule has 156 valence electrons. The van der Waals surface area contributed by atoms with Gasteiger partial charge in [-0.2, -0.15) is 4.98 Å². The molecule has 0 spiro atoms. The second kappa shape index (κ2) is 10.6. The normalized spacial score (nSPS) is 14.3. The lowest BCUT2D eigenvalue weighted by Crippen LogP contribution is -2.37. The quantitative estimate of drug-likeness (QED) is 0.518. The summed E-state index contributed by atoms with van der Waals surface area (Å²) in [5.41, 5.74) is 0.868. The maximum absolute atomic E-state index is 5.89. The minimum Gasteiger partial charge on any atom is -0.457 e. The van der Waals surface area contributed by atoms with Gasteiger partial charge in [-0.3, -0.25) is 4.90 Å². The summed E-state index contributed by atoms with van der Waals surface area (Å²) >= 11 is 0. The third-order valence-electron chi connectivity index (χ3n) is 4.79. The summed E-state index contributed by atoms with van der Waals surface area (Å²) in [6.45, 7) is 5.66. The number of aromatic nitrogens is 2. The van der Waals surface area contributed by atoms with Crippen LogP contribution in [0.25, 0.3) is 0 Å². The molecule has 0 unspecified atom stereocenters. The Balaban J connectivity index is 1.29. The van der Waals surface area contributed by atoms with Gasteiger partial charge in [0.25, 0.3) is 0 Å². The van der Waals surface area contributed by atoms with Crippen molar-refractivity contribution in [3.05, 3.63) is 66.9 Å². The van der Waals surface area contributed by atoms with Gasteiger partial charge in [0.1, 0.15) is 17.3 Å². The fraction of sp³-hybridized carbons (Fsp3) is 0.304. The number of nitrogens with zero attached hydrogens (tertiary/aromatic N) is 3. The molecule has 1 aromatic heterocycles. The Kier molecular flexibility index (Phi) is 7.09. The van der Waals surface area contributed by atoms with Crippen LogP contribution in [-0.4, -0.2) is 54.3 Å². The highest BCUT2D eigenvalue weighted by Crippen LogP contribution is 2.25. The van der Waals surface area contributed by atoms with Crippen LogP contribution in [0.5, 0.6) is 11.5 Å². The average Bonchev–Trinajstić information content (AvgIpc) is 2.79. The molecule has 1 aliphatic rings. The van der Waals surface area contributed by atoms with Crippen LogP contribution in [0.4, 0.5) is 17.5 Å². The molecule has 30 heavy (non-hydrogen) atoms. The second-order valence-corrected chi connectivity index (χ2v) is 7.07. The molecule has 0 atom stereocenters. The van der Waals surface area contributed by atoms with Crippen LogP contribution < -0.4 is 15.4 Å². The molecular weight excluding hydrogens is 378 g/mol. The molecule has 1 fully saturated rings. The maximum Gasteiger partial charge on any atom is 0.229 e. The SMILES string of the molecule is c1ccc(Oc2cccc(Nc3nccc(NCCCN4CCOCC4)n3)c2)cc1. The monoisotopic (exact) mass is 405 g/mol. The van der Waals surface area contributed by atoms with E-state index in [-0.39, 0.29) is 0 Å². The molecule has 7 nitrogen and oxygen atoms in total. The lowest BCUT2D eigenvalue weighted by molar-refractivity contribution is 0.0378. The van der Waals surface area contributed by atoms with Crippen LogP contribution in [0.2, 0.25) is 0 Å². The van der Waals surface area contributed by atoms with Crippen molar-refractivity contribution < 1.29 is 9.47 Å². The Labute approximate surface area is 177 Å². The molecule has 7 heteroatoms. The van der Waals surface area contributed by atoms with Crippen molar-refractivity contribution in [3.8, 4) is 11.5 Å². The number of ether oxygens (including phenoxy) is 2. The van der Waals surface area contributed by atoms with E-state index < -0.39 is 0 Å². The lowest BCUT2D eigenvalue weighted by atomic mass is 10.3. The maximum atomic E-state index is 5.89. The van der Waals surface area contributed by atoms with E-state index in [4.69, 9.17) is 9.47 Å². The molecule has 3 aromatic rings. The zero-order valence-corrected chi connectivity index (χ0v) is 17.0. The van der Waals surface area contributed by atoms with Gasteiger partial charge in [-0.1, -0.05) is 24.3 Å². The first-order chi connectivity index (χ1) is 14.8. The number of benzene rings is 2. The van der Waals surface area contributed by atoms with Crippen LogP contribution in [-0.2, 0) is 4.74 Å². The average molecular weight is 406 g/mol.